The maximum Gasteiger partial charge on any atom is 0.137 e. The Morgan fingerprint density at radius 3 is 1.74 bits per heavy atom. The molecular formula is C62H43N3O. The normalized spacial score (nSPS) is 14.5. The highest BCUT2D eigenvalue weighted by Gasteiger charge is 2.23. The van der Waals surface area contributed by atoms with Gasteiger partial charge in [0, 0.05) is 61.2 Å². The molecule has 3 aromatic heterocycles. The lowest BCUT2D eigenvalue weighted by Gasteiger charge is -2.20. The van der Waals surface area contributed by atoms with E-state index in [1.807, 2.05) is 0 Å². The minimum absolute atomic E-state index is 0.00453. The zero-order valence-corrected chi connectivity index (χ0v) is 36.4. The fourth-order valence-electron chi connectivity index (χ4n) is 10.5. The molecule has 66 heavy (non-hydrogen) atoms. The molecule has 0 radical (unpaired) electrons. The first-order valence-corrected chi connectivity index (χ1v) is 22.8. The number of furan rings is 1. The monoisotopic (exact) mass is 845 g/mol. The second-order valence-corrected chi connectivity index (χ2v) is 17.5. The molecule has 4 heteroatoms. The second-order valence-electron chi connectivity index (χ2n) is 17.5. The Labute approximate surface area is 382 Å². The van der Waals surface area contributed by atoms with Gasteiger partial charge in [-0.15, -0.1) is 0 Å². The van der Waals surface area contributed by atoms with E-state index in [1.54, 1.807) is 0 Å². The number of aliphatic imine (C=N–C) groups is 1. The number of hydrogen-bond acceptors (Lipinski definition) is 2. The number of hydrogen-bond donors (Lipinski definition) is 0. The van der Waals surface area contributed by atoms with Gasteiger partial charge in [0.25, 0.3) is 0 Å². The Balaban J connectivity index is 0.975. The van der Waals surface area contributed by atoms with Crippen molar-refractivity contribution in [2.24, 2.45) is 10.9 Å². The SMILES string of the molecule is CC1C=C(c2cccc(-c3ccccc3)c2)CC=C(c2ccccc2)N=C1c1cccc2oc3cc(-n4c5ccccc5c5cc6c(cc54)c4ccccc4n6-c4ccccc4)ccc3c12. The quantitative estimate of drug-likeness (QED) is 0.164. The van der Waals surface area contributed by atoms with Crippen molar-refractivity contribution in [1.82, 2.24) is 9.13 Å². The lowest BCUT2D eigenvalue weighted by Crippen LogP contribution is -2.13. The molecular weight excluding hydrogens is 803 g/mol. The lowest BCUT2D eigenvalue weighted by molar-refractivity contribution is 0.668. The average molecular weight is 846 g/mol. The highest BCUT2D eigenvalue weighted by atomic mass is 16.3. The van der Waals surface area contributed by atoms with Gasteiger partial charge in [-0.05, 0) is 94.9 Å². The molecule has 0 fully saturated rings. The molecule has 0 aliphatic carbocycles. The van der Waals surface area contributed by atoms with Crippen molar-refractivity contribution in [2.75, 3.05) is 0 Å². The summed E-state index contributed by atoms with van der Waals surface area (Å²) in [7, 11) is 0. The van der Waals surface area contributed by atoms with Crippen molar-refractivity contribution in [3.05, 3.63) is 241 Å². The maximum absolute atomic E-state index is 6.87. The van der Waals surface area contributed by atoms with Crippen molar-refractivity contribution in [2.45, 2.75) is 13.3 Å². The van der Waals surface area contributed by atoms with Crippen molar-refractivity contribution in [1.29, 1.82) is 0 Å². The molecule has 1 aliphatic heterocycles. The number of fused-ring (bicyclic) bond motifs is 9. The van der Waals surface area contributed by atoms with E-state index in [-0.39, 0.29) is 5.92 Å². The van der Waals surface area contributed by atoms with Crippen LogP contribution in [0.1, 0.15) is 30.0 Å². The molecule has 4 heterocycles. The summed E-state index contributed by atoms with van der Waals surface area (Å²) in [5.74, 6) is 0.00453. The summed E-state index contributed by atoms with van der Waals surface area (Å²) in [6.07, 6.45) is 5.48. The number of nitrogens with zero attached hydrogens (tertiary/aromatic N) is 3. The van der Waals surface area contributed by atoms with Gasteiger partial charge in [0.05, 0.1) is 33.5 Å². The molecule has 9 aromatic carbocycles. The number of allylic oxidation sites excluding steroid dienone is 3. The first-order chi connectivity index (χ1) is 32.6. The molecule has 12 aromatic rings. The standard InChI is InChI=1S/C62H43N3O/c1-40-35-45(44-22-15-21-43(36-44)41-17-5-2-6-18-41)31-34-54(42-19-7-3-8-20-42)63-62(40)51-27-16-30-59-61(51)50-33-32-47(37-60(50)66-59)65-56-29-14-12-26-49(56)53-38-57-52(39-58(53)65)48-25-11-13-28-55(48)64(57)46-23-9-4-10-24-46/h2-30,32-40H,31H2,1H3. The average Bonchev–Trinajstić information content (AvgIpc) is 4.02. The summed E-state index contributed by atoms with van der Waals surface area (Å²) in [5.41, 5.74) is 17.7. The molecule has 0 saturated carbocycles. The van der Waals surface area contributed by atoms with Crippen LogP contribution in [0.5, 0.6) is 0 Å². The van der Waals surface area contributed by atoms with Crippen LogP contribution in [0.4, 0.5) is 0 Å². The summed E-state index contributed by atoms with van der Waals surface area (Å²) < 4.78 is 11.7. The fourth-order valence-corrected chi connectivity index (χ4v) is 10.5. The third-order valence-corrected chi connectivity index (χ3v) is 13.5. The van der Waals surface area contributed by atoms with E-state index in [1.165, 1.54) is 54.8 Å². The highest BCUT2D eigenvalue weighted by Crippen LogP contribution is 2.42. The Kier molecular flexibility index (Phi) is 8.85. The molecule has 312 valence electrons. The molecule has 1 atom stereocenters. The van der Waals surface area contributed by atoms with E-state index >= 15 is 0 Å². The van der Waals surface area contributed by atoms with E-state index < -0.39 is 0 Å². The van der Waals surface area contributed by atoms with Crippen LogP contribution < -0.4 is 0 Å². The Morgan fingerprint density at radius 2 is 1.03 bits per heavy atom. The molecule has 1 aliphatic rings. The van der Waals surface area contributed by atoms with Gasteiger partial charge >= 0.3 is 0 Å². The topological polar surface area (TPSA) is 35.4 Å². The van der Waals surface area contributed by atoms with E-state index in [4.69, 9.17) is 9.41 Å². The smallest absolute Gasteiger partial charge is 0.137 e. The molecule has 13 rings (SSSR count). The van der Waals surface area contributed by atoms with Crippen LogP contribution in [0.25, 0.3) is 99.3 Å². The number of benzene rings is 9. The van der Waals surface area contributed by atoms with Crippen LogP contribution in [0.2, 0.25) is 0 Å². The third kappa shape index (κ3) is 6.17. The summed E-state index contributed by atoms with van der Waals surface area (Å²) in [6, 6.07) is 76.3. The first kappa shape index (κ1) is 38.0. The Morgan fingerprint density at radius 1 is 0.439 bits per heavy atom. The molecule has 0 N–H and O–H groups in total. The van der Waals surface area contributed by atoms with Gasteiger partial charge in [-0.3, -0.25) is 4.99 Å². The molecule has 0 amide bonds. The fraction of sp³-hybridized carbons (Fsp3) is 0.0484. The van der Waals surface area contributed by atoms with Gasteiger partial charge in [0.2, 0.25) is 0 Å². The van der Waals surface area contributed by atoms with E-state index in [9.17, 15) is 0 Å². The highest BCUT2D eigenvalue weighted by molar-refractivity contribution is 6.22. The lowest BCUT2D eigenvalue weighted by atomic mass is 9.88. The van der Waals surface area contributed by atoms with Gasteiger partial charge in [-0.1, -0.05) is 165 Å². The minimum atomic E-state index is 0.00453. The Hall–Kier alpha value is -8.47. The molecule has 1 unspecified atom stereocenters. The van der Waals surface area contributed by atoms with E-state index in [2.05, 4.69) is 241 Å². The largest absolute Gasteiger partial charge is 0.456 e. The first-order valence-electron chi connectivity index (χ1n) is 22.8. The predicted molar refractivity (Wildman–Crippen MR) is 277 cm³/mol. The van der Waals surface area contributed by atoms with Crippen molar-refractivity contribution >= 4 is 82.5 Å². The van der Waals surface area contributed by atoms with Crippen LogP contribution in [0, 0.1) is 5.92 Å². The van der Waals surface area contributed by atoms with Crippen molar-refractivity contribution < 1.29 is 4.42 Å². The number of para-hydroxylation sites is 3. The van der Waals surface area contributed by atoms with Gasteiger partial charge in [0.15, 0.2) is 0 Å². The number of aromatic nitrogens is 2. The molecule has 0 bridgehead atoms. The zero-order valence-electron chi connectivity index (χ0n) is 36.4. The van der Waals surface area contributed by atoms with E-state index in [0.29, 0.717) is 0 Å². The second kappa shape index (κ2) is 15.4. The van der Waals surface area contributed by atoms with Crippen molar-refractivity contribution in [3.8, 4) is 22.5 Å². The zero-order chi connectivity index (χ0) is 43.7. The van der Waals surface area contributed by atoms with Crippen LogP contribution >= 0.6 is 0 Å². The summed E-state index contributed by atoms with van der Waals surface area (Å²) in [4.78, 5) is 5.57. The Bertz CT molecular complexity index is 3960. The number of rotatable bonds is 6. The summed E-state index contributed by atoms with van der Waals surface area (Å²) in [6.45, 7) is 2.28. The molecule has 4 nitrogen and oxygen atoms in total. The van der Waals surface area contributed by atoms with Gasteiger partial charge in [0.1, 0.15) is 11.2 Å². The van der Waals surface area contributed by atoms with Gasteiger partial charge in [-0.25, -0.2) is 0 Å². The summed E-state index contributed by atoms with van der Waals surface area (Å²) >= 11 is 0. The van der Waals surface area contributed by atoms with Crippen LogP contribution in [0.15, 0.2) is 234 Å². The third-order valence-electron chi connectivity index (χ3n) is 13.5. The van der Waals surface area contributed by atoms with Gasteiger partial charge in [-0.2, -0.15) is 0 Å². The van der Waals surface area contributed by atoms with E-state index in [0.717, 1.165) is 73.3 Å². The maximum atomic E-state index is 6.87. The molecule has 0 saturated heterocycles. The van der Waals surface area contributed by atoms with Gasteiger partial charge < -0.3 is 13.6 Å². The predicted octanol–water partition coefficient (Wildman–Crippen LogP) is 16.4. The van der Waals surface area contributed by atoms with Crippen LogP contribution in [0.3, 0.4) is 0 Å². The summed E-state index contributed by atoms with van der Waals surface area (Å²) in [5, 5.41) is 7.03. The van der Waals surface area contributed by atoms with Crippen LogP contribution in [-0.2, 0) is 0 Å². The van der Waals surface area contributed by atoms with Crippen LogP contribution in [-0.4, -0.2) is 14.8 Å². The minimum Gasteiger partial charge on any atom is -0.456 e. The van der Waals surface area contributed by atoms with Crippen molar-refractivity contribution in [3.63, 3.8) is 0 Å². The molecule has 0 spiro atoms.